The van der Waals surface area contributed by atoms with E-state index in [4.69, 9.17) is 4.74 Å². The summed E-state index contributed by atoms with van der Waals surface area (Å²) in [7, 11) is 0. The SMILES string of the molecule is CC1(c2ccccc2O)CCc2ccccc2O1. The minimum atomic E-state index is -0.445. The number of fused-ring (bicyclic) bond motifs is 1. The highest BCUT2D eigenvalue weighted by Gasteiger charge is 2.35. The van der Waals surface area contributed by atoms with Gasteiger partial charge in [0.25, 0.3) is 0 Å². The van der Waals surface area contributed by atoms with Crippen LogP contribution in [0.1, 0.15) is 24.5 Å². The third kappa shape index (κ3) is 1.74. The van der Waals surface area contributed by atoms with E-state index in [1.807, 2.05) is 43.3 Å². The average molecular weight is 240 g/mol. The Hall–Kier alpha value is -1.96. The maximum Gasteiger partial charge on any atom is 0.135 e. The molecule has 2 nitrogen and oxygen atoms in total. The second-order valence-electron chi connectivity index (χ2n) is 4.96. The van der Waals surface area contributed by atoms with E-state index < -0.39 is 5.60 Å². The van der Waals surface area contributed by atoms with Gasteiger partial charge in [0.15, 0.2) is 0 Å². The third-order valence-electron chi connectivity index (χ3n) is 3.65. The average Bonchev–Trinajstić information content (AvgIpc) is 2.39. The lowest BCUT2D eigenvalue weighted by molar-refractivity contribution is 0.0601. The topological polar surface area (TPSA) is 29.5 Å². The molecule has 1 aliphatic heterocycles. The fourth-order valence-electron chi connectivity index (χ4n) is 2.59. The fraction of sp³-hybridized carbons (Fsp3) is 0.250. The molecule has 0 aromatic heterocycles. The Bertz CT molecular complexity index is 577. The van der Waals surface area contributed by atoms with Gasteiger partial charge in [0.2, 0.25) is 0 Å². The highest BCUT2D eigenvalue weighted by molar-refractivity contribution is 5.42. The Morgan fingerprint density at radius 3 is 2.61 bits per heavy atom. The number of hydrogen-bond acceptors (Lipinski definition) is 2. The second kappa shape index (κ2) is 4.05. The number of rotatable bonds is 1. The van der Waals surface area contributed by atoms with E-state index in [2.05, 4.69) is 6.07 Å². The zero-order valence-corrected chi connectivity index (χ0v) is 10.4. The summed E-state index contributed by atoms with van der Waals surface area (Å²) in [5, 5.41) is 10.00. The van der Waals surface area contributed by atoms with Crippen LogP contribution in [0.4, 0.5) is 0 Å². The maximum absolute atomic E-state index is 10.00. The molecule has 0 saturated carbocycles. The monoisotopic (exact) mass is 240 g/mol. The summed E-state index contributed by atoms with van der Waals surface area (Å²) >= 11 is 0. The van der Waals surface area contributed by atoms with Crippen LogP contribution in [0, 0.1) is 0 Å². The van der Waals surface area contributed by atoms with Gasteiger partial charge in [-0.15, -0.1) is 0 Å². The van der Waals surface area contributed by atoms with Crippen LogP contribution in [-0.4, -0.2) is 5.11 Å². The number of benzene rings is 2. The molecule has 2 aromatic rings. The molecule has 0 bridgehead atoms. The number of para-hydroxylation sites is 2. The van der Waals surface area contributed by atoms with E-state index in [0.717, 1.165) is 24.2 Å². The van der Waals surface area contributed by atoms with Crippen molar-refractivity contribution in [2.45, 2.75) is 25.4 Å². The second-order valence-corrected chi connectivity index (χ2v) is 4.96. The lowest BCUT2D eigenvalue weighted by Crippen LogP contribution is -2.33. The van der Waals surface area contributed by atoms with E-state index in [0.29, 0.717) is 5.75 Å². The van der Waals surface area contributed by atoms with Crippen molar-refractivity contribution in [1.29, 1.82) is 0 Å². The van der Waals surface area contributed by atoms with E-state index in [1.54, 1.807) is 6.07 Å². The van der Waals surface area contributed by atoms with Crippen molar-refractivity contribution in [2.24, 2.45) is 0 Å². The molecule has 1 aliphatic rings. The summed E-state index contributed by atoms with van der Waals surface area (Å²) in [5.74, 6) is 1.23. The van der Waals surface area contributed by atoms with Crippen LogP contribution in [0.3, 0.4) is 0 Å². The van der Waals surface area contributed by atoms with Gasteiger partial charge in [-0.2, -0.15) is 0 Å². The molecule has 0 amide bonds. The number of phenols is 1. The summed E-state index contributed by atoms with van der Waals surface area (Å²) in [6.45, 7) is 2.04. The minimum Gasteiger partial charge on any atom is -0.508 e. The quantitative estimate of drug-likeness (QED) is 0.824. The Morgan fingerprint density at radius 1 is 1.06 bits per heavy atom. The highest BCUT2D eigenvalue weighted by atomic mass is 16.5. The third-order valence-corrected chi connectivity index (χ3v) is 3.65. The van der Waals surface area contributed by atoms with E-state index in [-0.39, 0.29) is 0 Å². The van der Waals surface area contributed by atoms with Gasteiger partial charge in [0.1, 0.15) is 17.1 Å². The molecule has 1 N–H and O–H groups in total. The van der Waals surface area contributed by atoms with Crippen LogP contribution in [0.2, 0.25) is 0 Å². The minimum absolute atomic E-state index is 0.305. The molecule has 0 radical (unpaired) electrons. The van der Waals surface area contributed by atoms with E-state index in [1.165, 1.54) is 5.56 Å². The van der Waals surface area contributed by atoms with Crippen molar-refractivity contribution in [3.8, 4) is 11.5 Å². The predicted molar refractivity (Wildman–Crippen MR) is 70.8 cm³/mol. The molecule has 1 heterocycles. The molecular weight excluding hydrogens is 224 g/mol. The largest absolute Gasteiger partial charge is 0.508 e. The van der Waals surface area contributed by atoms with Crippen molar-refractivity contribution in [2.75, 3.05) is 0 Å². The number of phenolic OH excluding ortho intramolecular Hbond substituents is 1. The molecule has 0 saturated heterocycles. The molecule has 2 heteroatoms. The fourth-order valence-corrected chi connectivity index (χ4v) is 2.59. The molecule has 0 spiro atoms. The number of hydrogen-bond donors (Lipinski definition) is 1. The molecule has 3 rings (SSSR count). The van der Waals surface area contributed by atoms with Gasteiger partial charge in [-0.3, -0.25) is 0 Å². The maximum atomic E-state index is 10.00. The molecule has 0 aliphatic carbocycles. The summed E-state index contributed by atoms with van der Waals surface area (Å²) in [4.78, 5) is 0. The Morgan fingerprint density at radius 2 is 1.78 bits per heavy atom. The molecule has 18 heavy (non-hydrogen) atoms. The smallest absolute Gasteiger partial charge is 0.135 e. The van der Waals surface area contributed by atoms with Crippen molar-refractivity contribution in [1.82, 2.24) is 0 Å². The number of aryl methyl sites for hydroxylation is 1. The zero-order chi connectivity index (χ0) is 12.6. The van der Waals surface area contributed by atoms with Crippen LogP contribution in [0.15, 0.2) is 48.5 Å². The van der Waals surface area contributed by atoms with Crippen molar-refractivity contribution in [3.63, 3.8) is 0 Å². The van der Waals surface area contributed by atoms with Crippen LogP contribution < -0.4 is 4.74 Å². The lowest BCUT2D eigenvalue weighted by Gasteiger charge is -2.36. The van der Waals surface area contributed by atoms with Gasteiger partial charge >= 0.3 is 0 Å². The van der Waals surface area contributed by atoms with Crippen molar-refractivity contribution in [3.05, 3.63) is 59.7 Å². The molecule has 0 fully saturated rings. The first-order valence-corrected chi connectivity index (χ1v) is 6.24. The first kappa shape index (κ1) is 11.1. The summed E-state index contributed by atoms with van der Waals surface area (Å²) < 4.78 is 6.13. The Balaban J connectivity index is 2.02. The molecule has 2 aromatic carbocycles. The van der Waals surface area contributed by atoms with E-state index in [9.17, 15) is 5.11 Å². The van der Waals surface area contributed by atoms with Gasteiger partial charge in [-0.25, -0.2) is 0 Å². The Kier molecular flexibility index (Phi) is 2.51. The van der Waals surface area contributed by atoms with Crippen LogP contribution >= 0.6 is 0 Å². The summed E-state index contributed by atoms with van der Waals surface area (Å²) in [6, 6.07) is 15.5. The van der Waals surface area contributed by atoms with Crippen LogP contribution in [0.5, 0.6) is 11.5 Å². The van der Waals surface area contributed by atoms with Gasteiger partial charge in [0.05, 0.1) is 0 Å². The standard InChI is InChI=1S/C16H16O2/c1-16(13-7-3-4-8-14(13)17)11-10-12-6-2-5-9-15(12)18-16/h2-9,17H,10-11H2,1H3. The number of aromatic hydroxyl groups is 1. The predicted octanol–water partition coefficient (Wildman–Crippen LogP) is 3.63. The normalized spacial score (nSPS) is 22.1. The number of ether oxygens (including phenoxy) is 1. The first-order valence-electron chi connectivity index (χ1n) is 6.24. The highest BCUT2D eigenvalue weighted by Crippen LogP contribution is 2.41. The van der Waals surface area contributed by atoms with Gasteiger partial charge < -0.3 is 9.84 Å². The molecule has 1 atom stereocenters. The molecule has 92 valence electrons. The van der Waals surface area contributed by atoms with Crippen molar-refractivity contribution >= 4 is 0 Å². The van der Waals surface area contributed by atoms with E-state index >= 15 is 0 Å². The molecule has 1 unspecified atom stereocenters. The summed E-state index contributed by atoms with van der Waals surface area (Å²) in [5.41, 5.74) is 1.66. The van der Waals surface area contributed by atoms with Gasteiger partial charge in [-0.05, 0) is 37.5 Å². The molecular formula is C16H16O2. The van der Waals surface area contributed by atoms with Crippen molar-refractivity contribution < 1.29 is 9.84 Å². The van der Waals surface area contributed by atoms with Crippen LogP contribution in [0.25, 0.3) is 0 Å². The first-order chi connectivity index (χ1) is 8.69. The van der Waals surface area contributed by atoms with Crippen LogP contribution in [-0.2, 0) is 12.0 Å². The van der Waals surface area contributed by atoms with Gasteiger partial charge in [0, 0.05) is 5.56 Å². The Labute approximate surface area is 107 Å². The zero-order valence-electron chi connectivity index (χ0n) is 10.4. The van der Waals surface area contributed by atoms with Gasteiger partial charge in [-0.1, -0.05) is 36.4 Å². The lowest BCUT2D eigenvalue weighted by atomic mass is 9.86. The summed E-state index contributed by atoms with van der Waals surface area (Å²) in [6.07, 6.45) is 1.85.